The Kier molecular flexibility index (Phi) is 4.71. The number of nitrogens with zero attached hydrogens (tertiary/aromatic N) is 1. The monoisotopic (exact) mass is 427 g/mol. The topological polar surface area (TPSA) is 130 Å². The number of hydrogen-bond donors (Lipinski definition) is 4. The number of para-hydroxylation sites is 1. The quantitative estimate of drug-likeness (QED) is 0.398. The van der Waals surface area contributed by atoms with E-state index < -0.39 is 12.1 Å². The molecule has 2 unspecified atom stereocenters. The fourth-order valence-corrected chi connectivity index (χ4v) is 4.15. The number of aromatic nitrogens is 2. The number of hydrogen-bond acceptors (Lipinski definition) is 5. The summed E-state index contributed by atoms with van der Waals surface area (Å²) < 4.78 is 0. The molecule has 0 radical (unpaired) electrons. The first-order valence-electron chi connectivity index (χ1n) is 10.3. The Hall–Kier alpha value is -4.04. The van der Waals surface area contributed by atoms with Gasteiger partial charge in [-0.1, -0.05) is 18.2 Å². The number of ketones is 1. The first-order valence-corrected chi connectivity index (χ1v) is 10.3. The zero-order valence-corrected chi connectivity index (χ0v) is 17.3. The Morgan fingerprint density at radius 1 is 1.19 bits per heavy atom. The van der Waals surface area contributed by atoms with Crippen LogP contribution in [0.1, 0.15) is 33.3 Å². The lowest BCUT2D eigenvalue weighted by atomic mass is 9.92. The van der Waals surface area contributed by atoms with Crippen molar-refractivity contribution in [2.24, 2.45) is 5.73 Å². The highest BCUT2D eigenvalue weighted by molar-refractivity contribution is 6.09. The normalized spacial score (nSPS) is 16.4. The maximum absolute atomic E-state index is 12.9. The summed E-state index contributed by atoms with van der Waals surface area (Å²) >= 11 is 0. The van der Waals surface area contributed by atoms with Crippen LogP contribution in [0.4, 0.5) is 5.69 Å². The number of Topliss-reactive ketones (excluding diaryl/α,β-unsaturated/α-hetero) is 1. The highest BCUT2D eigenvalue weighted by atomic mass is 16.2. The average molecular weight is 427 g/mol. The summed E-state index contributed by atoms with van der Waals surface area (Å²) in [5, 5.41) is 7.37. The second kappa shape index (κ2) is 7.58. The molecule has 5 N–H and O–H groups in total. The zero-order valence-electron chi connectivity index (χ0n) is 17.3. The number of fused-ring (bicyclic) bond motifs is 4. The minimum atomic E-state index is -0.788. The number of nitrogens with two attached hydrogens (primary N) is 1. The second-order valence-electron chi connectivity index (χ2n) is 8.03. The van der Waals surface area contributed by atoms with Gasteiger partial charge in [-0.05, 0) is 49.2 Å². The highest BCUT2D eigenvalue weighted by Crippen LogP contribution is 2.28. The summed E-state index contributed by atoms with van der Waals surface area (Å²) in [6.45, 7) is 1.41. The van der Waals surface area contributed by atoms with Gasteiger partial charge in [0, 0.05) is 21.9 Å². The molecule has 2 aromatic carbocycles. The van der Waals surface area contributed by atoms with Gasteiger partial charge < -0.3 is 21.4 Å². The van der Waals surface area contributed by atoms with Crippen molar-refractivity contribution in [2.75, 3.05) is 5.32 Å². The predicted octanol–water partition coefficient (Wildman–Crippen LogP) is 2.54. The molecule has 2 atom stereocenters. The van der Waals surface area contributed by atoms with Crippen LogP contribution in [-0.4, -0.2) is 39.6 Å². The lowest BCUT2D eigenvalue weighted by molar-refractivity contribution is -0.118. The van der Waals surface area contributed by atoms with Crippen molar-refractivity contribution < 1.29 is 14.4 Å². The van der Waals surface area contributed by atoms with Gasteiger partial charge in [0.25, 0.3) is 11.8 Å². The maximum atomic E-state index is 12.9. The molecule has 32 heavy (non-hydrogen) atoms. The summed E-state index contributed by atoms with van der Waals surface area (Å²) in [5.74, 6) is -0.781. The van der Waals surface area contributed by atoms with E-state index in [1.54, 1.807) is 24.4 Å². The highest BCUT2D eigenvalue weighted by Gasteiger charge is 2.33. The first-order chi connectivity index (χ1) is 15.4. The summed E-state index contributed by atoms with van der Waals surface area (Å²) in [7, 11) is 0. The third-order valence-electron chi connectivity index (χ3n) is 5.89. The lowest BCUT2D eigenvalue weighted by Crippen LogP contribution is -2.54. The van der Waals surface area contributed by atoms with Gasteiger partial charge in [0.05, 0.1) is 29.5 Å². The Morgan fingerprint density at radius 3 is 2.81 bits per heavy atom. The fraction of sp³-hybridized carbons (Fsp3) is 0.167. The van der Waals surface area contributed by atoms with E-state index in [1.165, 1.54) is 6.92 Å². The molecule has 2 amide bonds. The third-order valence-corrected chi connectivity index (χ3v) is 5.89. The molecular formula is C24H21N5O3. The molecule has 8 nitrogen and oxygen atoms in total. The van der Waals surface area contributed by atoms with Gasteiger partial charge in [-0.25, -0.2) is 0 Å². The molecule has 0 saturated heterocycles. The molecule has 3 heterocycles. The molecule has 1 aliphatic heterocycles. The van der Waals surface area contributed by atoms with Gasteiger partial charge in [0.15, 0.2) is 0 Å². The van der Waals surface area contributed by atoms with Crippen LogP contribution in [-0.2, 0) is 11.2 Å². The van der Waals surface area contributed by atoms with Gasteiger partial charge in [-0.2, -0.15) is 0 Å². The van der Waals surface area contributed by atoms with Crippen LogP contribution in [0.5, 0.6) is 0 Å². The molecule has 2 aromatic heterocycles. The summed E-state index contributed by atoms with van der Waals surface area (Å²) in [4.78, 5) is 44.7. The standard InChI is InChI=1S/C24H21N5O3/c1-12(30)21(25)20-10-17-16-9-14(6-7-19(16)28-22(17)24(32)29-20)23(31)27-15-8-13-4-2-3-5-18(13)26-11-15/h2-9,11,20-21,28H,10,25H2,1H3,(H,27,31)(H,29,32). The molecular weight excluding hydrogens is 406 g/mol. The van der Waals surface area contributed by atoms with Crippen molar-refractivity contribution in [3.63, 3.8) is 0 Å². The van der Waals surface area contributed by atoms with Crippen molar-refractivity contribution in [1.29, 1.82) is 0 Å². The van der Waals surface area contributed by atoms with Gasteiger partial charge in [-0.3, -0.25) is 19.4 Å². The molecule has 4 aromatic rings. The van der Waals surface area contributed by atoms with E-state index in [0.29, 0.717) is 23.4 Å². The summed E-state index contributed by atoms with van der Waals surface area (Å²) in [6.07, 6.45) is 2.02. The van der Waals surface area contributed by atoms with Crippen LogP contribution < -0.4 is 16.4 Å². The van der Waals surface area contributed by atoms with E-state index in [2.05, 4.69) is 20.6 Å². The Bertz CT molecular complexity index is 1410. The number of H-pyrrole nitrogens is 1. The number of carbonyl (C=O) groups is 3. The number of nitrogens with one attached hydrogen (secondary N) is 3. The average Bonchev–Trinajstić information content (AvgIpc) is 3.17. The number of carbonyl (C=O) groups excluding carboxylic acids is 3. The van der Waals surface area contributed by atoms with Crippen molar-refractivity contribution in [1.82, 2.24) is 15.3 Å². The Morgan fingerprint density at radius 2 is 2.00 bits per heavy atom. The number of rotatable bonds is 4. The Balaban J connectivity index is 1.46. The number of aromatic amines is 1. The summed E-state index contributed by atoms with van der Waals surface area (Å²) in [6, 6.07) is 13.5. The molecule has 1 aliphatic rings. The zero-order chi connectivity index (χ0) is 22.4. The minimum Gasteiger partial charge on any atom is -0.350 e. The number of amides is 2. The van der Waals surface area contributed by atoms with E-state index in [0.717, 1.165) is 27.4 Å². The summed E-state index contributed by atoms with van der Waals surface area (Å²) in [5.41, 5.74) is 9.81. The minimum absolute atomic E-state index is 0.192. The molecule has 0 aliphatic carbocycles. The molecule has 8 heteroatoms. The van der Waals surface area contributed by atoms with Crippen LogP contribution in [0.3, 0.4) is 0 Å². The van der Waals surface area contributed by atoms with Gasteiger partial charge in [0.1, 0.15) is 11.5 Å². The second-order valence-corrected chi connectivity index (χ2v) is 8.03. The van der Waals surface area contributed by atoms with Gasteiger partial charge in [0.2, 0.25) is 0 Å². The predicted molar refractivity (Wildman–Crippen MR) is 122 cm³/mol. The van der Waals surface area contributed by atoms with Crippen LogP contribution in [0.25, 0.3) is 21.8 Å². The van der Waals surface area contributed by atoms with Crippen LogP contribution in [0.2, 0.25) is 0 Å². The number of pyridine rings is 1. The van der Waals surface area contributed by atoms with Crippen molar-refractivity contribution in [3.8, 4) is 0 Å². The van der Waals surface area contributed by atoms with Crippen LogP contribution in [0.15, 0.2) is 54.7 Å². The van der Waals surface area contributed by atoms with Crippen molar-refractivity contribution in [2.45, 2.75) is 25.4 Å². The Labute approximate surface area is 183 Å². The molecule has 0 spiro atoms. The van der Waals surface area contributed by atoms with E-state index in [1.807, 2.05) is 30.3 Å². The van der Waals surface area contributed by atoms with E-state index in [9.17, 15) is 14.4 Å². The molecule has 0 saturated carbocycles. The van der Waals surface area contributed by atoms with Gasteiger partial charge >= 0.3 is 0 Å². The largest absolute Gasteiger partial charge is 0.350 e. The molecule has 5 rings (SSSR count). The molecule has 0 fully saturated rings. The molecule has 160 valence electrons. The van der Waals surface area contributed by atoms with Crippen molar-refractivity contribution >= 4 is 45.1 Å². The smallest absolute Gasteiger partial charge is 0.268 e. The number of anilines is 1. The first kappa shape index (κ1) is 19.9. The van der Waals surface area contributed by atoms with Crippen molar-refractivity contribution in [3.05, 3.63) is 71.5 Å². The van der Waals surface area contributed by atoms with E-state index in [-0.39, 0.29) is 17.6 Å². The number of benzene rings is 2. The molecule has 0 bridgehead atoms. The maximum Gasteiger partial charge on any atom is 0.268 e. The van der Waals surface area contributed by atoms with Crippen LogP contribution in [0, 0.1) is 0 Å². The lowest BCUT2D eigenvalue weighted by Gasteiger charge is -2.27. The van der Waals surface area contributed by atoms with Crippen LogP contribution >= 0.6 is 0 Å². The SMILES string of the molecule is CC(=O)C(N)C1Cc2c([nH]c3ccc(C(=O)Nc4cnc5ccccc5c4)cc23)C(=O)N1. The fourth-order valence-electron chi connectivity index (χ4n) is 4.15. The van der Waals surface area contributed by atoms with Gasteiger partial charge in [-0.15, -0.1) is 0 Å². The van der Waals surface area contributed by atoms with E-state index >= 15 is 0 Å². The van der Waals surface area contributed by atoms with E-state index in [4.69, 9.17) is 5.73 Å². The third kappa shape index (κ3) is 3.40.